The molecule has 3 aromatic rings. The van der Waals surface area contributed by atoms with Crippen molar-refractivity contribution in [2.75, 3.05) is 12.4 Å². The Balaban J connectivity index is 1.85. The van der Waals surface area contributed by atoms with E-state index in [2.05, 4.69) is 16.8 Å². The van der Waals surface area contributed by atoms with Crippen LogP contribution in [0.2, 0.25) is 0 Å². The molecule has 2 aromatic carbocycles. The fourth-order valence-corrected chi connectivity index (χ4v) is 5.45. The highest BCUT2D eigenvalue weighted by Crippen LogP contribution is 2.48. The van der Waals surface area contributed by atoms with Gasteiger partial charge in [0.15, 0.2) is 0 Å². The van der Waals surface area contributed by atoms with Crippen molar-refractivity contribution >= 4 is 22.6 Å². The van der Waals surface area contributed by atoms with Gasteiger partial charge in [0, 0.05) is 46.7 Å². The van der Waals surface area contributed by atoms with Crippen LogP contribution < -0.4 is 10.1 Å². The molecule has 1 aliphatic heterocycles. The molecule has 1 saturated carbocycles. The van der Waals surface area contributed by atoms with Crippen molar-refractivity contribution in [1.29, 1.82) is 0 Å². The average Bonchev–Trinajstić information content (AvgIpc) is 3.09. The van der Waals surface area contributed by atoms with Crippen molar-refractivity contribution in [3.63, 3.8) is 0 Å². The SMILES string of the molecule is COc1ccc2c(c1)NC(C)CCn1c-2c(C2CCCC[C@@H]2F)c2ccc(C(=O)O)cc21. The van der Waals surface area contributed by atoms with Crippen LogP contribution in [0.15, 0.2) is 36.4 Å². The van der Waals surface area contributed by atoms with E-state index >= 15 is 4.39 Å². The van der Waals surface area contributed by atoms with Gasteiger partial charge in [0.25, 0.3) is 0 Å². The number of carboxylic acid groups (broad SMARTS) is 1. The number of aryl methyl sites for hydroxylation is 1. The highest BCUT2D eigenvalue weighted by molar-refractivity contribution is 5.99. The first-order valence-electron chi connectivity index (χ1n) is 11.5. The summed E-state index contributed by atoms with van der Waals surface area (Å²) in [6.07, 6.45) is 3.29. The van der Waals surface area contributed by atoms with Crippen LogP contribution in [0.1, 0.15) is 60.9 Å². The molecule has 3 atom stereocenters. The zero-order chi connectivity index (χ0) is 22.4. The van der Waals surface area contributed by atoms with Crippen LogP contribution in [-0.4, -0.2) is 35.0 Å². The van der Waals surface area contributed by atoms with Crippen LogP contribution in [0.25, 0.3) is 22.2 Å². The molecular formula is C26H29FN2O3. The summed E-state index contributed by atoms with van der Waals surface area (Å²) < 4.78 is 23.0. The molecule has 0 bridgehead atoms. The maximum Gasteiger partial charge on any atom is 0.335 e. The van der Waals surface area contributed by atoms with Crippen molar-refractivity contribution in [1.82, 2.24) is 4.57 Å². The highest BCUT2D eigenvalue weighted by atomic mass is 19.1. The average molecular weight is 437 g/mol. The van der Waals surface area contributed by atoms with Gasteiger partial charge in [-0.05, 0) is 56.0 Å². The number of nitrogens with zero attached hydrogens (tertiary/aromatic N) is 1. The number of rotatable bonds is 3. The second-order valence-electron chi connectivity index (χ2n) is 9.10. The minimum absolute atomic E-state index is 0.190. The lowest BCUT2D eigenvalue weighted by atomic mass is 9.80. The molecule has 0 radical (unpaired) electrons. The maximum atomic E-state index is 15.3. The second kappa shape index (κ2) is 8.15. The Morgan fingerprint density at radius 3 is 2.72 bits per heavy atom. The number of halogens is 1. The van der Waals surface area contributed by atoms with Gasteiger partial charge in [-0.3, -0.25) is 0 Å². The van der Waals surface area contributed by atoms with Crippen molar-refractivity contribution < 1.29 is 19.0 Å². The lowest BCUT2D eigenvalue weighted by Crippen LogP contribution is -2.23. The van der Waals surface area contributed by atoms with Gasteiger partial charge in [-0.2, -0.15) is 0 Å². The predicted octanol–water partition coefficient (Wildman–Crippen LogP) is 6.21. The molecule has 2 unspecified atom stereocenters. The fraction of sp³-hybridized carbons (Fsp3) is 0.423. The number of nitrogens with one attached hydrogen (secondary N) is 1. The Bertz CT molecular complexity index is 1190. The topological polar surface area (TPSA) is 63.5 Å². The van der Waals surface area contributed by atoms with Gasteiger partial charge >= 0.3 is 5.97 Å². The molecule has 5 rings (SSSR count). The number of anilines is 1. The number of alkyl halides is 1. The first kappa shape index (κ1) is 20.9. The molecule has 2 aliphatic rings. The number of fused-ring (bicyclic) bond motifs is 5. The summed E-state index contributed by atoms with van der Waals surface area (Å²) in [5.41, 5.74) is 5.14. The van der Waals surface area contributed by atoms with E-state index in [1.807, 2.05) is 24.3 Å². The predicted molar refractivity (Wildman–Crippen MR) is 125 cm³/mol. The van der Waals surface area contributed by atoms with Crippen molar-refractivity contribution in [2.24, 2.45) is 0 Å². The number of methoxy groups -OCH3 is 1. The molecule has 0 amide bonds. The fourth-order valence-electron chi connectivity index (χ4n) is 5.45. The van der Waals surface area contributed by atoms with E-state index in [1.165, 1.54) is 0 Å². The first-order valence-corrected chi connectivity index (χ1v) is 11.5. The van der Waals surface area contributed by atoms with Gasteiger partial charge in [-0.1, -0.05) is 18.9 Å². The number of hydrogen-bond donors (Lipinski definition) is 2. The number of aromatic nitrogens is 1. The lowest BCUT2D eigenvalue weighted by molar-refractivity contribution is 0.0697. The molecule has 1 aliphatic carbocycles. The summed E-state index contributed by atoms with van der Waals surface area (Å²) >= 11 is 0. The molecule has 32 heavy (non-hydrogen) atoms. The molecule has 1 fully saturated rings. The van der Waals surface area contributed by atoms with Gasteiger partial charge in [0.2, 0.25) is 0 Å². The van der Waals surface area contributed by atoms with E-state index in [0.29, 0.717) is 6.42 Å². The molecule has 0 spiro atoms. The third kappa shape index (κ3) is 3.42. The number of ether oxygens (including phenoxy) is 1. The van der Waals surface area contributed by atoms with Crippen LogP contribution >= 0.6 is 0 Å². The second-order valence-corrected chi connectivity index (χ2v) is 9.10. The minimum atomic E-state index is -0.948. The number of carbonyl (C=O) groups is 1. The van der Waals surface area contributed by atoms with Crippen LogP contribution in [-0.2, 0) is 6.54 Å². The van der Waals surface area contributed by atoms with E-state index in [0.717, 1.165) is 71.4 Å². The number of benzene rings is 2. The summed E-state index contributed by atoms with van der Waals surface area (Å²) in [6, 6.07) is 11.5. The summed E-state index contributed by atoms with van der Waals surface area (Å²) in [6.45, 7) is 2.88. The zero-order valence-electron chi connectivity index (χ0n) is 18.5. The summed E-state index contributed by atoms with van der Waals surface area (Å²) in [4.78, 5) is 11.7. The smallest absolute Gasteiger partial charge is 0.335 e. The number of hydrogen-bond acceptors (Lipinski definition) is 3. The summed E-state index contributed by atoms with van der Waals surface area (Å²) in [5.74, 6) is -0.372. The Hall–Kier alpha value is -3.02. The molecule has 0 saturated heterocycles. The number of aromatic carboxylic acids is 1. The third-order valence-corrected chi connectivity index (χ3v) is 7.07. The van der Waals surface area contributed by atoms with Crippen molar-refractivity contribution in [3.05, 3.63) is 47.5 Å². The van der Waals surface area contributed by atoms with E-state index in [4.69, 9.17) is 4.74 Å². The zero-order valence-corrected chi connectivity index (χ0v) is 18.5. The summed E-state index contributed by atoms with van der Waals surface area (Å²) in [5, 5.41) is 14.2. The van der Waals surface area contributed by atoms with Crippen LogP contribution in [0.3, 0.4) is 0 Å². The van der Waals surface area contributed by atoms with Crippen LogP contribution in [0.5, 0.6) is 5.75 Å². The first-order chi connectivity index (χ1) is 15.5. The van der Waals surface area contributed by atoms with Gasteiger partial charge in [0.1, 0.15) is 11.9 Å². The largest absolute Gasteiger partial charge is 0.497 e. The van der Waals surface area contributed by atoms with Gasteiger partial charge < -0.3 is 19.7 Å². The normalized spacial score (nSPS) is 22.9. The molecular weight excluding hydrogens is 407 g/mol. The van der Waals surface area contributed by atoms with E-state index in [9.17, 15) is 9.90 Å². The monoisotopic (exact) mass is 436 g/mol. The lowest BCUT2D eigenvalue weighted by Gasteiger charge is -2.29. The molecule has 5 nitrogen and oxygen atoms in total. The molecule has 2 heterocycles. The Kier molecular flexibility index (Phi) is 5.31. The van der Waals surface area contributed by atoms with Gasteiger partial charge in [0.05, 0.1) is 18.4 Å². The Morgan fingerprint density at radius 1 is 1.16 bits per heavy atom. The summed E-state index contributed by atoms with van der Waals surface area (Å²) in [7, 11) is 1.65. The minimum Gasteiger partial charge on any atom is -0.497 e. The Labute approximate surface area is 187 Å². The number of carboxylic acids is 1. The molecule has 168 valence electrons. The van der Waals surface area contributed by atoms with Crippen molar-refractivity contribution in [2.45, 2.75) is 63.7 Å². The van der Waals surface area contributed by atoms with Gasteiger partial charge in [-0.25, -0.2) is 9.18 Å². The molecule has 1 aromatic heterocycles. The standard InChI is InChI=1S/C26H29FN2O3/c1-15-11-12-29-23-13-16(26(30)31)7-9-20(23)24(18-5-3-4-6-21(18)27)25(29)19-10-8-17(32-2)14-22(19)28-15/h7-10,13-15,18,21,28H,3-6,11-12H2,1-2H3,(H,30,31)/t15?,18?,21-/m0/s1. The van der Waals surface area contributed by atoms with E-state index < -0.39 is 12.1 Å². The molecule has 2 N–H and O–H groups in total. The highest BCUT2D eigenvalue weighted by Gasteiger charge is 2.34. The van der Waals surface area contributed by atoms with Crippen LogP contribution in [0, 0.1) is 0 Å². The van der Waals surface area contributed by atoms with E-state index in [1.54, 1.807) is 19.2 Å². The van der Waals surface area contributed by atoms with E-state index in [-0.39, 0.29) is 17.5 Å². The van der Waals surface area contributed by atoms with Crippen LogP contribution in [0.4, 0.5) is 10.1 Å². The Morgan fingerprint density at radius 2 is 1.97 bits per heavy atom. The quantitative estimate of drug-likeness (QED) is 0.512. The van der Waals surface area contributed by atoms with Crippen molar-refractivity contribution in [3.8, 4) is 17.0 Å². The van der Waals surface area contributed by atoms with Gasteiger partial charge in [-0.15, -0.1) is 0 Å². The molecule has 6 heteroatoms. The third-order valence-electron chi connectivity index (χ3n) is 7.07. The maximum absolute atomic E-state index is 15.3.